The zero-order valence-corrected chi connectivity index (χ0v) is 10.8. The van der Waals surface area contributed by atoms with Crippen molar-refractivity contribution in [3.63, 3.8) is 0 Å². The fourth-order valence-corrected chi connectivity index (χ4v) is 2.50. The van der Waals surface area contributed by atoms with E-state index in [4.69, 9.17) is 4.74 Å². The first-order valence-electron chi connectivity index (χ1n) is 6.23. The van der Waals surface area contributed by atoms with Gasteiger partial charge in [0, 0.05) is 6.04 Å². The molecule has 1 fully saturated rings. The number of nitrogens with one attached hydrogen (secondary N) is 1. The number of benzene rings is 1. The minimum absolute atomic E-state index is 0.271. The third kappa shape index (κ3) is 2.39. The minimum atomic E-state index is 0.271. The van der Waals surface area contributed by atoms with E-state index in [1.54, 1.807) is 7.11 Å². The van der Waals surface area contributed by atoms with Crippen LogP contribution in [0, 0.1) is 13.8 Å². The Balaban J connectivity index is 2.29. The number of phenols is 1. The Morgan fingerprint density at radius 1 is 1.41 bits per heavy atom. The minimum Gasteiger partial charge on any atom is -0.504 e. The number of aromatic hydroxyl groups is 1. The molecule has 17 heavy (non-hydrogen) atoms. The first-order chi connectivity index (χ1) is 8.13. The van der Waals surface area contributed by atoms with Gasteiger partial charge in [0.05, 0.1) is 7.11 Å². The van der Waals surface area contributed by atoms with Gasteiger partial charge >= 0.3 is 0 Å². The molecule has 1 aromatic rings. The van der Waals surface area contributed by atoms with Gasteiger partial charge in [0.1, 0.15) is 0 Å². The number of methoxy groups -OCH3 is 1. The smallest absolute Gasteiger partial charge is 0.161 e. The van der Waals surface area contributed by atoms with Crippen molar-refractivity contribution in [2.24, 2.45) is 0 Å². The van der Waals surface area contributed by atoms with Crippen molar-refractivity contribution in [1.82, 2.24) is 5.32 Å². The van der Waals surface area contributed by atoms with Gasteiger partial charge in [-0.25, -0.2) is 0 Å². The van der Waals surface area contributed by atoms with Gasteiger partial charge in [0.25, 0.3) is 0 Å². The molecule has 0 bridgehead atoms. The van der Waals surface area contributed by atoms with E-state index in [-0.39, 0.29) is 5.75 Å². The summed E-state index contributed by atoms with van der Waals surface area (Å²) < 4.78 is 5.22. The largest absolute Gasteiger partial charge is 0.504 e. The molecule has 1 aromatic carbocycles. The van der Waals surface area contributed by atoms with Gasteiger partial charge in [-0.15, -0.1) is 0 Å². The molecule has 1 atom stereocenters. The van der Waals surface area contributed by atoms with Crippen LogP contribution in [0.2, 0.25) is 0 Å². The predicted octanol–water partition coefficient (Wildman–Crippen LogP) is 2.31. The van der Waals surface area contributed by atoms with Gasteiger partial charge in [0.2, 0.25) is 0 Å². The average molecular weight is 235 g/mol. The number of ether oxygens (including phenoxy) is 1. The summed E-state index contributed by atoms with van der Waals surface area (Å²) in [6.07, 6.45) is 3.52. The maximum Gasteiger partial charge on any atom is 0.161 e. The Morgan fingerprint density at radius 3 is 2.76 bits per heavy atom. The Kier molecular flexibility index (Phi) is 3.57. The van der Waals surface area contributed by atoms with Crippen LogP contribution in [-0.2, 0) is 6.42 Å². The molecule has 3 heteroatoms. The van der Waals surface area contributed by atoms with Crippen molar-refractivity contribution >= 4 is 0 Å². The molecule has 1 heterocycles. The first kappa shape index (κ1) is 12.2. The van der Waals surface area contributed by atoms with Crippen molar-refractivity contribution < 1.29 is 9.84 Å². The summed E-state index contributed by atoms with van der Waals surface area (Å²) in [5.41, 5.74) is 3.38. The maximum atomic E-state index is 9.92. The molecule has 0 aliphatic carbocycles. The fourth-order valence-electron chi connectivity index (χ4n) is 2.50. The van der Waals surface area contributed by atoms with Crippen LogP contribution >= 0.6 is 0 Å². The van der Waals surface area contributed by atoms with E-state index < -0.39 is 0 Å². The lowest BCUT2D eigenvalue weighted by molar-refractivity contribution is 0.370. The molecule has 1 saturated heterocycles. The Hall–Kier alpha value is -1.22. The third-order valence-corrected chi connectivity index (χ3v) is 3.79. The van der Waals surface area contributed by atoms with Gasteiger partial charge < -0.3 is 15.2 Å². The Morgan fingerprint density at radius 2 is 2.18 bits per heavy atom. The van der Waals surface area contributed by atoms with Gasteiger partial charge in [-0.1, -0.05) is 0 Å². The maximum absolute atomic E-state index is 9.92. The fraction of sp³-hybridized carbons (Fsp3) is 0.571. The number of hydrogen-bond donors (Lipinski definition) is 2. The van der Waals surface area contributed by atoms with Crippen LogP contribution in [0.15, 0.2) is 6.07 Å². The molecule has 0 spiro atoms. The topological polar surface area (TPSA) is 41.5 Å². The zero-order chi connectivity index (χ0) is 12.4. The monoisotopic (exact) mass is 235 g/mol. The summed E-state index contributed by atoms with van der Waals surface area (Å²) in [4.78, 5) is 0. The summed E-state index contributed by atoms with van der Waals surface area (Å²) in [5.74, 6) is 0.856. The van der Waals surface area contributed by atoms with E-state index in [1.165, 1.54) is 24.0 Å². The van der Waals surface area contributed by atoms with Crippen LogP contribution in [0.1, 0.15) is 29.5 Å². The molecule has 0 aromatic heterocycles. The lowest BCUT2D eigenvalue weighted by Gasteiger charge is -2.17. The molecular formula is C14H21NO2. The van der Waals surface area contributed by atoms with E-state index >= 15 is 0 Å². The summed E-state index contributed by atoms with van der Waals surface area (Å²) in [6.45, 7) is 5.13. The molecule has 0 saturated carbocycles. The molecule has 0 radical (unpaired) electrons. The standard InChI is InChI=1S/C14H21NO2/c1-9-10(2)14(16)13(17-3)8-11(9)7-12-5-4-6-15-12/h8,12,15-16H,4-7H2,1-3H3. The van der Waals surface area contributed by atoms with Gasteiger partial charge in [-0.2, -0.15) is 0 Å². The molecule has 94 valence electrons. The number of phenolic OH excluding ortho intramolecular Hbond substituents is 1. The van der Waals surface area contributed by atoms with E-state index in [2.05, 4.69) is 12.2 Å². The molecule has 1 aliphatic rings. The normalized spacial score (nSPS) is 19.6. The van der Waals surface area contributed by atoms with Crippen molar-refractivity contribution in [1.29, 1.82) is 0 Å². The second-order valence-corrected chi connectivity index (χ2v) is 4.83. The summed E-state index contributed by atoms with van der Waals surface area (Å²) in [6, 6.07) is 2.54. The molecule has 3 nitrogen and oxygen atoms in total. The van der Waals surface area contributed by atoms with Crippen molar-refractivity contribution in [3.05, 3.63) is 22.8 Å². The molecule has 1 unspecified atom stereocenters. The van der Waals surface area contributed by atoms with Crippen LogP contribution in [0.4, 0.5) is 0 Å². The van der Waals surface area contributed by atoms with Crippen LogP contribution < -0.4 is 10.1 Å². The second-order valence-electron chi connectivity index (χ2n) is 4.83. The van der Waals surface area contributed by atoms with E-state index in [0.717, 1.165) is 18.5 Å². The molecular weight excluding hydrogens is 214 g/mol. The highest BCUT2D eigenvalue weighted by Crippen LogP contribution is 2.34. The molecule has 2 N–H and O–H groups in total. The predicted molar refractivity (Wildman–Crippen MR) is 68.9 cm³/mol. The van der Waals surface area contributed by atoms with Crippen LogP contribution in [0.5, 0.6) is 11.5 Å². The van der Waals surface area contributed by atoms with E-state index in [1.807, 2.05) is 13.0 Å². The number of rotatable bonds is 3. The summed E-state index contributed by atoms with van der Waals surface area (Å²) in [5, 5.41) is 13.4. The highest BCUT2D eigenvalue weighted by molar-refractivity contribution is 5.52. The summed E-state index contributed by atoms with van der Waals surface area (Å²) in [7, 11) is 1.60. The van der Waals surface area contributed by atoms with E-state index in [9.17, 15) is 5.11 Å². The van der Waals surface area contributed by atoms with Crippen molar-refractivity contribution in [3.8, 4) is 11.5 Å². The van der Waals surface area contributed by atoms with Crippen molar-refractivity contribution in [2.45, 2.75) is 39.2 Å². The number of hydrogen-bond acceptors (Lipinski definition) is 3. The third-order valence-electron chi connectivity index (χ3n) is 3.79. The molecule has 2 rings (SSSR count). The van der Waals surface area contributed by atoms with Crippen LogP contribution in [-0.4, -0.2) is 24.8 Å². The van der Waals surface area contributed by atoms with Gasteiger partial charge in [-0.3, -0.25) is 0 Å². The highest BCUT2D eigenvalue weighted by Gasteiger charge is 2.18. The lowest BCUT2D eigenvalue weighted by Crippen LogP contribution is -2.24. The zero-order valence-electron chi connectivity index (χ0n) is 10.8. The lowest BCUT2D eigenvalue weighted by atomic mass is 9.96. The molecule has 1 aliphatic heterocycles. The van der Waals surface area contributed by atoms with E-state index in [0.29, 0.717) is 11.8 Å². The van der Waals surface area contributed by atoms with Gasteiger partial charge in [0.15, 0.2) is 11.5 Å². The van der Waals surface area contributed by atoms with Crippen molar-refractivity contribution in [2.75, 3.05) is 13.7 Å². The van der Waals surface area contributed by atoms with Crippen LogP contribution in [0.25, 0.3) is 0 Å². The van der Waals surface area contributed by atoms with Gasteiger partial charge in [-0.05, 0) is 62.4 Å². The van der Waals surface area contributed by atoms with Crippen LogP contribution in [0.3, 0.4) is 0 Å². The SMILES string of the molecule is COc1cc(CC2CCCN2)c(C)c(C)c1O. The summed E-state index contributed by atoms with van der Waals surface area (Å²) >= 11 is 0. The first-order valence-corrected chi connectivity index (χ1v) is 6.23. The Labute approximate surface area is 103 Å². The molecule has 0 amide bonds. The second kappa shape index (κ2) is 4.96. The Bertz CT molecular complexity index is 409. The quantitative estimate of drug-likeness (QED) is 0.844. The highest BCUT2D eigenvalue weighted by atomic mass is 16.5. The average Bonchev–Trinajstić information content (AvgIpc) is 2.83.